The van der Waals surface area contributed by atoms with Crippen molar-refractivity contribution >= 4 is 40.6 Å². The van der Waals surface area contributed by atoms with Gasteiger partial charge in [-0.1, -0.05) is 11.6 Å². The number of halogens is 1. The Balaban J connectivity index is 1.44. The zero-order chi connectivity index (χ0) is 17.6. The van der Waals surface area contributed by atoms with Gasteiger partial charge in [0.15, 0.2) is 0 Å². The molecular weight excluding hydrogens is 362 g/mol. The van der Waals surface area contributed by atoms with Crippen LogP contribution in [0.15, 0.2) is 24.5 Å². The second-order valence-electron chi connectivity index (χ2n) is 6.33. The fourth-order valence-corrected chi connectivity index (χ4v) is 4.29. The highest BCUT2D eigenvalue weighted by molar-refractivity contribution is 7.17. The maximum absolute atomic E-state index is 12.5. The number of amides is 3. The minimum atomic E-state index is -0.00245. The van der Waals surface area contributed by atoms with Gasteiger partial charge in [-0.3, -0.25) is 14.4 Å². The van der Waals surface area contributed by atoms with Crippen molar-refractivity contribution in [2.75, 3.05) is 38.1 Å². The van der Waals surface area contributed by atoms with Gasteiger partial charge in [0.2, 0.25) is 0 Å². The van der Waals surface area contributed by atoms with Crippen molar-refractivity contribution in [3.63, 3.8) is 0 Å². The smallest absolute Gasteiger partial charge is 0.324 e. The van der Waals surface area contributed by atoms with Crippen molar-refractivity contribution in [1.82, 2.24) is 19.6 Å². The molecule has 132 valence electrons. The molecule has 2 aromatic heterocycles. The molecule has 0 N–H and O–H groups in total. The van der Waals surface area contributed by atoms with Crippen molar-refractivity contribution in [1.29, 1.82) is 0 Å². The van der Waals surface area contributed by atoms with Gasteiger partial charge < -0.3 is 9.80 Å². The Kier molecular flexibility index (Phi) is 4.16. The molecule has 7 nitrogen and oxygen atoms in total. The number of thiophene rings is 1. The van der Waals surface area contributed by atoms with Gasteiger partial charge in [-0.25, -0.2) is 4.79 Å². The Hall–Kier alpha value is -2.06. The second kappa shape index (κ2) is 6.34. The first-order valence-electron chi connectivity index (χ1n) is 8.14. The topological polar surface area (TPSA) is 61.7 Å². The Morgan fingerprint density at radius 1 is 1.32 bits per heavy atom. The van der Waals surface area contributed by atoms with E-state index in [9.17, 15) is 9.59 Å². The third kappa shape index (κ3) is 3.00. The number of carbonyl (C=O) groups excluding carboxylic acids is 2. The number of hydrogen-bond acceptors (Lipinski definition) is 4. The Labute approximate surface area is 154 Å². The lowest BCUT2D eigenvalue weighted by Crippen LogP contribution is -2.29. The summed E-state index contributed by atoms with van der Waals surface area (Å²) < 4.78 is 2.49. The van der Waals surface area contributed by atoms with Crippen molar-refractivity contribution in [3.8, 4) is 0 Å². The molecule has 0 bridgehead atoms. The summed E-state index contributed by atoms with van der Waals surface area (Å²) in [4.78, 5) is 30.5. The SMILES string of the molecule is CN1CCN(c2cnn(C3CCN(C(=O)c4ccc(Cl)s4)C3)c2)C1=O. The number of carbonyl (C=O) groups is 2. The summed E-state index contributed by atoms with van der Waals surface area (Å²) in [5.41, 5.74) is 0.809. The van der Waals surface area contributed by atoms with E-state index in [1.807, 2.05) is 15.8 Å². The summed E-state index contributed by atoms with van der Waals surface area (Å²) in [7, 11) is 1.80. The van der Waals surface area contributed by atoms with Gasteiger partial charge >= 0.3 is 6.03 Å². The molecule has 25 heavy (non-hydrogen) atoms. The third-order valence-electron chi connectivity index (χ3n) is 4.72. The van der Waals surface area contributed by atoms with Crippen molar-refractivity contribution in [2.24, 2.45) is 0 Å². The van der Waals surface area contributed by atoms with E-state index in [1.165, 1.54) is 11.3 Å². The summed E-state index contributed by atoms with van der Waals surface area (Å²) in [6.45, 7) is 2.71. The van der Waals surface area contributed by atoms with E-state index in [0.717, 1.165) is 18.7 Å². The number of aromatic nitrogens is 2. The number of likely N-dealkylation sites (N-methyl/N-ethyl adjacent to an activating group) is 1. The first kappa shape index (κ1) is 16.4. The van der Waals surface area contributed by atoms with E-state index in [4.69, 9.17) is 11.6 Å². The van der Waals surface area contributed by atoms with Crippen molar-refractivity contribution in [3.05, 3.63) is 33.7 Å². The van der Waals surface area contributed by atoms with Crippen LogP contribution in [0, 0.1) is 0 Å². The molecule has 2 saturated heterocycles. The minimum Gasteiger partial charge on any atom is -0.336 e. The highest BCUT2D eigenvalue weighted by atomic mass is 35.5. The van der Waals surface area contributed by atoms with Crippen LogP contribution < -0.4 is 4.90 Å². The van der Waals surface area contributed by atoms with E-state index in [0.29, 0.717) is 28.8 Å². The predicted octanol–water partition coefficient (Wildman–Crippen LogP) is 2.56. The Bertz CT molecular complexity index is 819. The van der Waals surface area contributed by atoms with Gasteiger partial charge in [0.1, 0.15) is 0 Å². The number of anilines is 1. The van der Waals surface area contributed by atoms with E-state index in [2.05, 4.69) is 5.10 Å². The Morgan fingerprint density at radius 2 is 2.16 bits per heavy atom. The molecule has 4 heterocycles. The van der Waals surface area contributed by atoms with Crippen LogP contribution in [0.1, 0.15) is 22.1 Å². The maximum Gasteiger partial charge on any atom is 0.324 e. The summed E-state index contributed by atoms with van der Waals surface area (Å²) in [5.74, 6) is 0.0168. The maximum atomic E-state index is 12.5. The largest absolute Gasteiger partial charge is 0.336 e. The summed E-state index contributed by atoms with van der Waals surface area (Å²) >= 11 is 7.22. The van der Waals surface area contributed by atoms with E-state index >= 15 is 0 Å². The molecule has 0 aromatic carbocycles. The van der Waals surface area contributed by atoms with Gasteiger partial charge in [-0.2, -0.15) is 5.10 Å². The zero-order valence-corrected chi connectivity index (χ0v) is 15.3. The van der Waals surface area contributed by atoms with Crippen LogP contribution in [-0.4, -0.2) is 64.7 Å². The van der Waals surface area contributed by atoms with Gasteiger partial charge in [0.05, 0.1) is 27.1 Å². The van der Waals surface area contributed by atoms with Crippen LogP contribution in [0.4, 0.5) is 10.5 Å². The quantitative estimate of drug-likeness (QED) is 0.823. The standard InChI is InChI=1S/C16H18ClN5O2S/c1-19-6-7-21(16(19)24)12-8-18-22(10-12)11-4-5-20(9-11)15(23)13-2-3-14(17)25-13/h2-3,8,10-11H,4-7,9H2,1H3. The van der Waals surface area contributed by atoms with E-state index < -0.39 is 0 Å². The molecule has 2 aliphatic heterocycles. The zero-order valence-electron chi connectivity index (χ0n) is 13.8. The van der Waals surface area contributed by atoms with Crippen LogP contribution in [-0.2, 0) is 0 Å². The first-order valence-corrected chi connectivity index (χ1v) is 9.34. The van der Waals surface area contributed by atoms with E-state index in [1.54, 1.807) is 35.2 Å². The molecule has 0 radical (unpaired) electrons. The van der Waals surface area contributed by atoms with Gasteiger partial charge in [-0.15, -0.1) is 11.3 Å². The molecule has 2 aliphatic rings. The molecular formula is C16H18ClN5O2S. The molecule has 0 saturated carbocycles. The molecule has 4 rings (SSSR count). The molecule has 1 atom stereocenters. The molecule has 0 aliphatic carbocycles. The summed E-state index contributed by atoms with van der Waals surface area (Å²) in [5, 5.41) is 4.42. The minimum absolute atomic E-state index is 0.00245. The van der Waals surface area contributed by atoms with Crippen LogP contribution in [0.25, 0.3) is 0 Å². The normalized spacial score (nSPS) is 20.8. The first-order chi connectivity index (χ1) is 12.0. The van der Waals surface area contributed by atoms with Gasteiger partial charge in [-0.05, 0) is 18.6 Å². The summed E-state index contributed by atoms with van der Waals surface area (Å²) in [6.07, 6.45) is 4.47. The molecule has 2 fully saturated rings. The number of likely N-dealkylation sites (tertiary alicyclic amines) is 1. The lowest BCUT2D eigenvalue weighted by Gasteiger charge is -2.16. The average molecular weight is 380 g/mol. The number of rotatable bonds is 3. The monoisotopic (exact) mass is 379 g/mol. The highest BCUT2D eigenvalue weighted by Crippen LogP contribution is 2.28. The van der Waals surface area contributed by atoms with Crippen molar-refractivity contribution in [2.45, 2.75) is 12.5 Å². The average Bonchev–Trinajstić information content (AvgIpc) is 3.35. The fraction of sp³-hybridized carbons (Fsp3) is 0.438. The number of nitrogens with zero attached hydrogens (tertiary/aromatic N) is 5. The highest BCUT2D eigenvalue weighted by Gasteiger charge is 2.31. The van der Waals surface area contributed by atoms with Crippen LogP contribution in [0.5, 0.6) is 0 Å². The lowest BCUT2D eigenvalue weighted by molar-refractivity contribution is 0.0792. The Morgan fingerprint density at radius 3 is 2.84 bits per heavy atom. The molecule has 1 unspecified atom stereocenters. The molecule has 9 heteroatoms. The molecule has 3 amide bonds. The van der Waals surface area contributed by atoms with Gasteiger partial charge in [0.25, 0.3) is 5.91 Å². The third-order valence-corrected chi connectivity index (χ3v) is 5.94. The number of urea groups is 1. The van der Waals surface area contributed by atoms with Gasteiger partial charge in [0, 0.05) is 39.4 Å². The lowest BCUT2D eigenvalue weighted by atomic mass is 10.3. The van der Waals surface area contributed by atoms with Crippen molar-refractivity contribution < 1.29 is 9.59 Å². The van der Waals surface area contributed by atoms with Crippen LogP contribution in [0.2, 0.25) is 4.34 Å². The fourth-order valence-electron chi connectivity index (χ4n) is 3.28. The van der Waals surface area contributed by atoms with Crippen LogP contribution >= 0.6 is 22.9 Å². The molecule has 0 spiro atoms. The number of hydrogen-bond donors (Lipinski definition) is 0. The second-order valence-corrected chi connectivity index (χ2v) is 8.05. The molecule has 2 aromatic rings. The summed E-state index contributed by atoms with van der Waals surface area (Å²) in [6, 6.07) is 3.64. The predicted molar refractivity (Wildman–Crippen MR) is 96.5 cm³/mol. The van der Waals surface area contributed by atoms with Crippen LogP contribution in [0.3, 0.4) is 0 Å². The van der Waals surface area contributed by atoms with E-state index in [-0.39, 0.29) is 18.0 Å².